The van der Waals surface area contributed by atoms with Crippen LogP contribution in [0.15, 0.2) is 12.2 Å². The number of nitrogens with one attached hydrogen (secondary N) is 1. The molecule has 0 aromatic heterocycles. The zero-order valence-corrected chi connectivity index (χ0v) is 10.9. The Morgan fingerprint density at radius 1 is 1.47 bits per heavy atom. The molecule has 0 aromatic carbocycles. The van der Waals surface area contributed by atoms with Crippen molar-refractivity contribution in [1.82, 2.24) is 10.2 Å². The Bertz CT molecular complexity index is 419. The van der Waals surface area contributed by atoms with Crippen molar-refractivity contribution in [3.8, 4) is 0 Å². The molecule has 0 radical (unpaired) electrons. The minimum absolute atomic E-state index is 0.173. The van der Waals surface area contributed by atoms with Crippen LogP contribution in [0.3, 0.4) is 0 Å². The van der Waals surface area contributed by atoms with Gasteiger partial charge in [-0.2, -0.15) is 0 Å². The molecule has 0 spiro atoms. The molecule has 1 fully saturated rings. The van der Waals surface area contributed by atoms with Crippen molar-refractivity contribution in [2.45, 2.75) is 32.3 Å². The van der Waals surface area contributed by atoms with E-state index in [2.05, 4.69) is 5.32 Å². The molecule has 19 heavy (non-hydrogen) atoms. The third-order valence-corrected chi connectivity index (χ3v) is 3.37. The fourth-order valence-corrected chi connectivity index (χ4v) is 2.23. The fraction of sp³-hybridized carbons (Fsp3) is 0.615. The average Bonchev–Trinajstić information content (AvgIpc) is 2.85. The first kappa shape index (κ1) is 13.6. The summed E-state index contributed by atoms with van der Waals surface area (Å²) in [6.45, 7) is 2.27. The molecule has 2 aliphatic rings. The maximum atomic E-state index is 11.9. The molecule has 2 rings (SSSR count). The second-order valence-electron chi connectivity index (χ2n) is 4.78. The highest BCUT2D eigenvalue weighted by atomic mass is 16.5. The molecule has 1 N–H and O–H groups in total. The number of carbonyl (C=O) groups is 3. The van der Waals surface area contributed by atoms with Gasteiger partial charge in [0.15, 0.2) is 6.10 Å². The molecular formula is C13H18N2O4. The molecule has 1 aliphatic heterocycles. The summed E-state index contributed by atoms with van der Waals surface area (Å²) in [7, 11) is 0. The van der Waals surface area contributed by atoms with Crippen LogP contribution in [0.2, 0.25) is 0 Å². The minimum atomic E-state index is -0.915. The standard InChI is InChI=1S/C13H18N2O4/c1-9(11(16)15-8-7-14-13(15)18)19-12(17)10-5-3-2-4-6-10/h2-3,9-10H,4-8H2,1H3,(H,14,18)/t9-,10-/m0/s1. The van der Waals surface area contributed by atoms with E-state index in [4.69, 9.17) is 4.74 Å². The Morgan fingerprint density at radius 3 is 2.84 bits per heavy atom. The Morgan fingerprint density at radius 2 is 2.26 bits per heavy atom. The third kappa shape index (κ3) is 3.13. The SMILES string of the molecule is C[C@H](OC(=O)[C@H]1CC=CCC1)C(=O)N1CCNC1=O. The van der Waals surface area contributed by atoms with Gasteiger partial charge in [0.1, 0.15) is 0 Å². The molecule has 0 bridgehead atoms. The third-order valence-electron chi connectivity index (χ3n) is 3.37. The fourth-order valence-electron chi connectivity index (χ4n) is 2.23. The first-order chi connectivity index (χ1) is 9.09. The smallest absolute Gasteiger partial charge is 0.324 e. The predicted molar refractivity (Wildman–Crippen MR) is 67.1 cm³/mol. The summed E-state index contributed by atoms with van der Waals surface area (Å²) in [5, 5.41) is 2.54. The van der Waals surface area contributed by atoms with Crippen LogP contribution in [0.1, 0.15) is 26.2 Å². The number of ether oxygens (including phenoxy) is 1. The zero-order valence-electron chi connectivity index (χ0n) is 10.9. The Hall–Kier alpha value is -1.85. The maximum absolute atomic E-state index is 11.9. The van der Waals surface area contributed by atoms with Crippen molar-refractivity contribution in [3.63, 3.8) is 0 Å². The van der Waals surface area contributed by atoms with E-state index in [1.807, 2.05) is 12.2 Å². The van der Waals surface area contributed by atoms with Crippen molar-refractivity contribution in [1.29, 1.82) is 0 Å². The van der Waals surface area contributed by atoms with Crippen LogP contribution >= 0.6 is 0 Å². The monoisotopic (exact) mass is 266 g/mol. The number of amides is 3. The number of allylic oxidation sites excluding steroid dienone is 2. The second-order valence-corrected chi connectivity index (χ2v) is 4.78. The Kier molecular flexibility index (Phi) is 4.19. The highest BCUT2D eigenvalue weighted by Gasteiger charge is 2.32. The van der Waals surface area contributed by atoms with Gasteiger partial charge in [-0.3, -0.25) is 14.5 Å². The van der Waals surface area contributed by atoms with E-state index in [-0.39, 0.29) is 11.9 Å². The van der Waals surface area contributed by atoms with Crippen LogP contribution in [0.4, 0.5) is 4.79 Å². The number of nitrogens with zero attached hydrogens (tertiary/aromatic N) is 1. The number of esters is 1. The largest absolute Gasteiger partial charge is 0.452 e. The molecule has 1 aliphatic carbocycles. The van der Waals surface area contributed by atoms with Gasteiger partial charge in [-0.05, 0) is 26.2 Å². The lowest BCUT2D eigenvalue weighted by molar-refractivity contribution is -0.161. The molecule has 0 unspecified atom stereocenters. The van der Waals surface area contributed by atoms with Gasteiger partial charge in [-0.25, -0.2) is 4.79 Å². The molecule has 0 aromatic rings. The van der Waals surface area contributed by atoms with Gasteiger partial charge in [0, 0.05) is 13.1 Å². The topological polar surface area (TPSA) is 75.7 Å². The molecule has 6 nitrogen and oxygen atoms in total. The molecule has 1 saturated heterocycles. The lowest BCUT2D eigenvalue weighted by Gasteiger charge is -2.21. The van der Waals surface area contributed by atoms with Gasteiger partial charge in [-0.15, -0.1) is 0 Å². The lowest BCUT2D eigenvalue weighted by atomic mass is 9.95. The summed E-state index contributed by atoms with van der Waals surface area (Å²) in [6, 6.07) is -0.423. The Balaban J connectivity index is 1.87. The van der Waals surface area contributed by atoms with E-state index in [0.29, 0.717) is 19.5 Å². The first-order valence-electron chi connectivity index (χ1n) is 6.54. The number of rotatable bonds is 3. The summed E-state index contributed by atoms with van der Waals surface area (Å²) in [4.78, 5) is 36.3. The van der Waals surface area contributed by atoms with Crippen molar-refractivity contribution in [3.05, 3.63) is 12.2 Å². The second kappa shape index (κ2) is 5.86. The quantitative estimate of drug-likeness (QED) is 0.606. The van der Waals surface area contributed by atoms with Crippen molar-refractivity contribution in [2.75, 3.05) is 13.1 Å². The van der Waals surface area contributed by atoms with E-state index in [0.717, 1.165) is 17.7 Å². The first-order valence-corrected chi connectivity index (χ1v) is 6.54. The highest BCUT2D eigenvalue weighted by Crippen LogP contribution is 2.20. The zero-order chi connectivity index (χ0) is 13.8. The summed E-state index contributed by atoms with van der Waals surface area (Å²) in [5.41, 5.74) is 0. The van der Waals surface area contributed by atoms with Crippen molar-refractivity contribution < 1.29 is 19.1 Å². The van der Waals surface area contributed by atoms with E-state index < -0.39 is 18.0 Å². The lowest BCUT2D eigenvalue weighted by Crippen LogP contribution is -2.42. The van der Waals surface area contributed by atoms with E-state index >= 15 is 0 Å². The van der Waals surface area contributed by atoms with E-state index in [9.17, 15) is 14.4 Å². The van der Waals surface area contributed by atoms with Gasteiger partial charge >= 0.3 is 12.0 Å². The summed E-state index contributed by atoms with van der Waals surface area (Å²) < 4.78 is 5.17. The molecule has 3 amide bonds. The molecule has 6 heteroatoms. The Labute approximate surface area is 111 Å². The van der Waals surface area contributed by atoms with Gasteiger partial charge < -0.3 is 10.1 Å². The van der Waals surface area contributed by atoms with Gasteiger partial charge in [0.05, 0.1) is 5.92 Å². The number of urea groups is 1. The number of hydrogen-bond donors (Lipinski definition) is 1. The van der Waals surface area contributed by atoms with Gasteiger partial charge in [-0.1, -0.05) is 12.2 Å². The van der Waals surface area contributed by atoms with E-state index in [1.165, 1.54) is 6.92 Å². The maximum Gasteiger partial charge on any atom is 0.324 e. The predicted octanol–water partition coefficient (Wildman–Crippen LogP) is 0.826. The number of carbonyl (C=O) groups excluding carboxylic acids is 3. The molecular weight excluding hydrogens is 248 g/mol. The van der Waals surface area contributed by atoms with Crippen LogP contribution < -0.4 is 5.32 Å². The molecule has 2 atom stereocenters. The molecule has 0 saturated carbocycles. The number of hydrogen-bond acceptors (Lipinski definition) is 4. The van der Waals surface area contributed by atoms with Crippen LogP contribution in [0.5, 0.6) is 0 Å². The number of imide groups is 1. The molecule has 1 heterocycles. The average molecular weight is 266 g/mol. The van der Waals surface area contributed by atoms with Crippen molar-refractivity contribution in [2.24, 2.45) is 5.92 Å². The van der Waals surface area contributed by atoms with Crippen LogP contribution in [0.25, 0.3) is 0 Å². The van der Waals surface area contributed by atoms with Gasteiger partial charge in [0.2, 0.25) is 0 Å². The summed E-state index contributed by atoms with van der Waals surface area (Å²) in [5.74, 6) is -0.993. The van der Waals surface area contributed by atoms with Crippen LogP contribution in [0, 0.1) is 5.92 Å². The van der Waals surface area contributed by atoms with Gasteiger partial charge in [0.25, 0.3) is 5.91 Å². The van der Waals surface area contributed by atoms with Crippen LogP contribution in [-0.4, -0.2) is 42.0 Å². The normalized spacial score (nSPS) is 23.9. The van der Waals surface area contributed by atoms with Crippen LogP contribution in [-0.2, 0) is 14.3 Å². The summed E-state index contributed by atoms with van der Waals surface area (Å²) in [6.07, 6.45) is 5.34. The molecule has 104 valence electrons. The minimum Gasteiger partial charge on any atom is -0.452 e. The van der Waals surface area contributed by atoms with Crippen molar-refractivity contribution >= 4 is 17.9 Å². The van der Waals surface area contributed by atoms with E-state index in [1.54, 1.807) is 0 Å². The summed E-state index contributed by atoms with van der Waals surface area (Å²) >= 11 is 0. The highest BCUT2D eigenvalue weighted by molar-refractivity contribution is 5.98.